The Balaban J connectivity index is 1.94. The average Bonchev–Trinajstić information content (AvgIpc) is 2.69. The van der Waals surface area contributed by atoms with E-state index in [-0.39, 0.29) is 0 Å². The zero-order chi connectivity index (χ0) is 8.93. The van der Waals surface area contributed by atoms with Gasteiger partial charge in [0.25, 0.3) is 0 Å². The van der Waals surface area contributed by atoms with Crippen molar-refractivity contribution in [3.05, 3.63) is 42.5 Å². The standard InChI is InChI=1S/C9H9N3O/c1-4-9(12-11-5-1)10-7-8-3-2-6-13-8/h1-6H,7H2,(H,10,12). The Bertz CT molecular complexity index is 344. The van der Waals surface area contributed by atoms with E-state index in [4.69, 9.17) is 4.42 Å². The first-order chi connectivity index (χ1) is 6.45. The van der Waals surface area contributed by atoms with Crippen LogP contribution in [0, 0.1) is 0 Å². The molecule has 0 aromatic carbocycles. The number of aromatic nitrogens is 2. The van der Waals surface area contributed by atoms with E-state index >= 15 is 0 Å². The van der Waals surface area contributed by atoms with Crippen LogP contribution in [0.25, 0.3) is 0 Å². The molecule has 2 heterocycles. The molecule has 2 rings (SSSR count). The molecule has 2 aromatic heterocycles. The van der Waals surface area contributed by atoms with Crippen molar-refractivity contribution in [3.63, 3.8) is 0 Å². The number of hydrogen-bond donors (Lipinski definition) is 1. The quantitative estimate of drug-likeness (QED) is 0.771. The molecule has 4 nitrogen and oxygen atoms in total. The SMILES string of the molecule is c1cnnc(NCc2ccco2)c1. The third-order valence-corrected chi connectivity index (χ3v) is 1.60. The Morgan fingerprint density at radius 1 is 1.31 bits per heavy atom. The van der Waals surface area contributed by atoms with Gasteiger partial charge >= 0.3 is 0 Å². The van der Waals surface area contributed by atoms with E-state index in [9.17, 15) is 0 Å². The van der Waals surface area contributed by atoms with Gasteiger partial charge in [0.1, 0.15) is 11.6 Å². The number of anilines is 1. The second-order valence-electron chi connectivity index (χ2n) is 2.54. The molecule has 0 aliphatic carbocycles. The van der Waals surface area contributed by atoms with E-state index in [2.05, 4.69) is 15.5 Å². The summed E-state index contributed by atoms with van der Waals surface area (Å²) in [7, 11) is 0. The van der Waals surface area contributed by atoms with Crippen LogP contribution in [0.3, 0.4) is 0 Å². The lowest BCUT2D eigenvalue weighted by Crippen LogP contribution is -2.00. The maximum absolute atomic E-state index is 5.14. The van der Waals surface area contributed by atoms with Crippen molar-refractivity contribution < 1.29 is 4.42 Å². The zero-order valence-electron chi connectivity index (χ0n) is 6.97. The molecule has 13 heavy (non-hydrogen) atoms. The van der Waals surface area contributed by atoms with Crippen LogP contribution in [0.4, 0.5) is 5.82 Å². The minimum atomic E-state index is 0.631. The zero-order valence-corrected chi connectivity index (χ0v) is 6.97. The van der Waals surface area contributed by atoms with Gasteiger partial charge in [0.15, 0.2) is 0 Å². The summed E-state index contributed by atoms with van der Waals surface area (Å²) in [5.41, 5.74) is 0. The second kappa shape index (κ2) is 3.71. The maximum atomic E-state index is 5.14. The number of rotatable bonds is 3. The molecule has 0 fully saturated rings. The fourth-order valence-electron chi connectivity index (χ4n) is 0.987. The summed E-state index contributed by atoms with van der Waals surface area (Å²) in [6, 6.07) is 7.45. The molecule has 4 heteroatoms. The first-order valence-corrected chi connectivity index (χ1v) is 3.99. The molecule has 0 radical (unpaired) electrons. The molecular formula is C9H9N3O. The average molecular weight is 175 g/mol. The largest absolute Gasteiger partial charge is 0.467 e. The Morgan fingerprint density at radius 3 is 3.00 bits per heavy atom. The van der Waals surface area contributed by atoms with Crippen molar-refractivity contribution in [1.29, 1.82) is 0 Å². The molecule has 0 spiro atoms. The third kappa shape index (κ3) is 2.05. The number of nitrogens with zero attached hydrogens (tertiary/aromatic N) is 2. The number of furan rings is 1. The predicted molar refractivity (Wildman–Crippen MR) is 48.1 cm³/mol. The highest BCUT2D eigenvalue weighted by Crippen LogP contribution is 2.04. The van der Waals surface area contributed by atoms with Gasteiger partial charge in [-0.2, -0.15) is 5.10 Å². The highest BCUT2D eigenvalue weighted by Gasteiger charge is 1.95. The van der Waals surface area contributed by atoms with Gasteiger partial charge in [-0.05, 0) is 24.3 Å². The van der Waals surface area contributed by atoms with Gasteiger partial charge in [-0.15, -0.1) is 5.10 Å². The van der Waals surface area contributed by atoms with Crippen molar-refractivity contribution >= 4 is 5.82 Å². The third-order valence-electron chi connectivity index (χ3n) is 1.60. The lowest BCUT2D eigenvalue weighted by Gasteiger charge is -2.00. The first-order valence-electron chi connectivity index (χ1n) is 3.99. The van der Waals surface area contributed by atoms with Crippen molar-refractivity contribution in [3.8, 4) is 0 Å². The molecule has 0 bridgehead atoms. The lowest BCUT2D eigenvalue weighted by molar-refractivity contribution is 0.517. The fourth-order valence-corrected chi connectivity index (χ4v) is 0.987. The molecule has 0 unspecified atom stereocenters. The number of nitrogens with one attached hydrogen (secondary N) is 1. The minimum Gasteiger partial charge on any atom is -0.467 e. The summed E-state index contributed by atoms with van der Waals surface area (Å²) in [4.78, 5) is 0. The summed E-state index contributed by atoms with van der Waals surface area (Å²) < 4.78 is 5.14. The molecule has 0 amide bonds. The first kappa shape index (κ1) is 7.79. The topological polar surface area (TPSA) is 51.0 Å². The molecule has 0 saturated carbocycles. The van der Waals surface area contributed by atoms with Gasteiger partial charge in [-0.1, -0.05) is 0 Å². The molecule has 0 aliphatic heterocycles. The Labute approximate surface area is 75.6 Å². The second-order valence-corrected chi connectivity index (χ2v) is 2.54. The predicted octanol–water partition coefficient (Wildman–Crippen LogP) is 1.68. The van der Waals surface area contributed by atoms with E-state index < -0.39 is 0 Å². The minimum absolute atomic E-state index is 0.631. The monoisotopic (exact) mass is 175 g/mol. The molecule has 2 aromatic rings. The molecule has 0 aliphatic rings. The summed E-state index contributed by atoms with van der Waals surface area (Å²) in [6.07, 6.45) is 3.28. The van der Waals surface area contributed by atoms with E-state index in [0.717, 1.165) is 11.6 Å². The molecular weight excluding hydrogens is 166 g/mol. The van der Waals surface area contributed by atoms with Crippen molar-refractivity contribution in [1.82, 2.24) is 10.2 Å². The molecule has 1 N–H and O–H groups in total. The highest BCUT2D eigenvalue weighted by atomic mass is 16.3. The smallest absolute Gasteiger partial charge is 0.149 e. The van der Waals surface area contributed by atoms with Crippen molar-refractivity contribution in [2.45, 2.75) is 6.54 Å². The van der Waals surface area contributed by atoms with E-state index in [1.54, 1.807) is 12.5 Å². The van der Waals surface area contributed by atoms with Gasteiger partial charge < -0.3 is 9.73 Å². The molecule has 0 saturated heterocycles. The number of hydrogen-bond acceptors (Lipinski definition) is 4. The van der Waals surface area contributed by atoms with E-state index in [1.807, 2.05) is 24.3 Å². The van der Waals surface area contributed by atoms with Crippen LogP contribution in [-0.2, 0) is 6.54 Å². The van der Waals surface area contributed by atoms with Crippen molar-refractivity contribution in [2.75, 3.05) is 5.32 Å². The van der Waals surface area contributed by atoms with Crippen molar-refractivity contribution in [2.24, 2.45) is 0 Å². The molecule has 0 atom stereocenters. The van der Waals surface area contributed by atoms with E-state index in [0.29, 0.717) is 6.54 Å². The molecule has 66 valence electrons. The van der Waals surface area contributed by atoms with Gasteiger partial charge in [0.2, 0.25) is 0 Å². The normalized spacial score (nSPS) is 9.85. The van der Waals surface area contributed by atoms with Crippen LogP contribution in [0.15, 0.2) is 41.1 Å². The van der Waals surface area contributed by atoms with Gasteiger partial charge in [0, 0.05) is 6.20 Å². The van der Waals surface area contributed by atoms with Crippen LogP contribution in [0.5, 0.6) is 0 Å². The summed E-state index contributed by atoms with van der Waals surface area (Å²) in [6.45, 7) is 0.631. The van der Waals surface area contributed by atoms with Gasteiger partial charge in [-0.3, -0.25) is 0 Å². The summed E-state index contributed by atoms with van der Waals surface area (Å²) >= 11 is 0. The summed E-state index contributed by atoms with van der Waals surface area (Å²) in [5, 5.41) is 10.7. The van der Waals surface area contributed by atoms with Crippen LogP contribution < -0.4 is 5.32 Å². The van der Waals surface area contributed by atoms with Crippen LogP contribution in [0.1, 0.15) is 5.76 Å². The Morgan fingerprint density at radius 2 is 2.31 bits per heavy atom. The van der Waals surface area contributed by atoms with E-state index in [1.165, 1.54) is 0 Å². The highest BCUT2D eigenvalue weighted by molar-refractivity contribution is 5.31. The Kier molecular flexibility index (Phi) is 2.22. The van der Waals surface area contributed by atoms with Crippen LogP contribution >= 0.6 is 0 Å². The fraction of sp³-hybridized carbons (Fsp3) is 0.111. The van der Waals surface area contributed by atoms with Gasteiger partial charge in [0.05, 0.1) is 12.8 Å². The van der Waals surface area contributed by atoms with Crippen LogP contribution in [-0.4, -0.2) is 10.2 Å². The van der Waals surface area contributed by atoms with Gasteiger partial charge in [-0.25, -0.2) is 0 Å². The summed E-state index contributed by atoms with van der Waals surface area (Å²) in [5.74, 6) is 1.63. The van der Waals surface area contributed by atoms with Crippen LogP contribution in [0.2, 0.25) is 0 Å². The Hall–Kier alpha value is -1.84. The lowest BCUT2D eigenvalue weighted by atomic mass is 10.4. The maximum Gasteiger partial charge on any atom is 0.149 e.